The molecule has 0 fully saturated rings. The van der Waals surface area contributed by atoms with Gasteiger partial charge in [-0.15, -0.1) is 0 Å². The molecule has 5 rings (SSSR count). The molecule has 0 bridgehead atoms. The van der Waals surface area contributed by atoms with E-state index in [-0.39, 0.29) is 5.91 Å². The molecule has 8 heteroatoms. The minimum atomic E-state index is -0.588. The summed E-state index contributed by atoms with van der Waals surface area (Å²) in [4.78, 5) is 24.4. The fourth-order valence-corrected chi connectivity index (χ4v) is 4.78. The zero-order valence-corrected chi connectivity index (χ0v) is 18.6. The average Bonchev–Trinajstić information content (AvgIpc) is 2.81. The Bertz CT molecular complexity index is 1110. The van der Waals surface area contributed by atoms with Crippen molar-refractivity contribution >= 4 is 11.9 Å². The molecular weight excluding hydrogens is 426 g/mol. The van der Waals surface area contributed by atoms with Gasteiger partial charge in [0.25, 0.3) is 5.91 Å². The normalized spacial score (nSPS) is 18.8. The number of guanidine groups is 1. The van der Waals surface area contributed by atoms with E-state index in [4.69, 9.17) is 9.73 Å². The fraction of sp³-hybridized carbons (Fsp3) is 0.360. The lowest BCUT2D eigenvalue weighted by molar-refractivity contribution is -0.125. The van der Waals surface area contributed by atoms with E-state index in [1.807, 2.05) is 24.3 Å². The molecular formula is C25H26F2N4O2. The van der Waals surface area contributed by atoms with Gasteiger partial charge >= 0.3 is 0 Å². The second-order valence-corrected chi connectivity index (χ2v) is 8.59. The number of nitrogens with zero attached hydrogens (tertiary/aromatic N) is 4. The summed E-state index contributed by atoms with van der Waals surface area (Å²) in [6, 6.07) is 11.2. The van der Waals surface area contributed by atoms with E-state index >= 15 is 0 Å². The number of fused-ring (bicyclic) bond motifs is 2. The van der Waals surface area contributed by atoms with Crippen molar-refractivity contribution < 1.29 is 18.3 Å². The summed E-state index contributed by atoms with van der Waals surface area (Å²) in [7, 11) is 1.62. The minimum Gasteiger partial charge on any atom is -0.497 e. The number of methoxy groups -OCH3 is 1. The summed E-state index contributed by atoms with van der Waals surface area (Å²) in [5.41, 5.74) is 3.33. The van der Waals surface area contributed by atoms with E-state index < -0.39 is 11.6 Å². The number of aliphatic imine (C=N–C) groups is 1. The number of halogens is 2. The summed E-state index contributed by atoms with van der Waals surface area (Å²) in [6.07, 6.45) is 1.64. The highest BCUT2D eigenvalue weighted by molar-refractivity contribution is 6.09. The van der Waals surface area contributed by atoms with Crippen LogP contribution in [0.25, 0.3) is 0 Å². The van der Waals surface area contributed by atoms with Crippen LogP contribution in [0.4, 0.5) is 8.78 Å². The first-order chi connectivity index (χ1) is 16.0. The van der Waals surface area contributed by atoms with Crippen LogP contribution in [0.3, 0.4) is 0 Å². The first-order valence-electron chi connectivity index (χ1n) is 11.2. The lowest BCUT2D eigenvalue weighted by Crippen LogP contribution is -2.56. The predicted molar refractivity (Wildman–Crippen MR) is 120 cm³/mol. The topological polar surface area (TPSA) is 48.4 Å². The second-order valence-electron chi connectivity index (χ2n) is 8.59. The molecule has 1 amide bonds. The molecule has 0 saturated heterocycles. The van der Waals surface area contributed by atoms with E-state index in [0.717, 1.165) is 47.6 Å². The highest BCUT2D eigenvalue weighted by atomic mass is 19.1. The van der Waals surface area contributed by atoms with Crippen LogP contribution < -0.4 is 4.74 Å². The van der Waals surface area contributed by atoms with Gasteiger partial charge in [-0.3, -0.25) is 19.6 Å². The van der Waals surface area contributed by atoms with Crippen LogP contribution in [0.2, 0.25) is 0 Å². The van der Waals surface area contributed by atoms with E-state index in [1.165, 1.54) is 12.1 Å². The molecule has 0 N–H and O–H groups in total. The maximum atomic E-state index is 13.6. The van der Waals surface area contributed by atoms with Gasteiger partial charge in [0.15, 0.2) is 0 Å². The van der Waals surface area contributed by atoms with Gasteiger partial charge in [0, 0.05) is 50.9 Å². The molecule has 3 heterocycles. The van der Waals surface area contributed by atoms with Crippen molar-refractivity contribution in [3.63, 3.8) is 0 Å². The molecule has 0 unspecified atom stereocenters. The smallest absolute Gasteiger partial charge is 0.259 e. The maximum absolute atomic E-state index is 13.6. The Morgan fingerprint density at radius 1 is 1.00 bits per heavy atom. The van der Waals surface area contributed by atoms with E-state index in [0.29, 0.717) is 44.7 Å². The summed E-state index contributed by atoms with van der Waals surface area (Å²) in [5, 5.41) is 0. The van der Waals surface area contributed by atoms with Crippen molar-refractivity contribution in [3.8, 4) is 5.75 Å². The van der Waals surface area contributed by atoms with Crippen LogP contribution in [-0.4, -0.2) is 59.9 Å². The lowest BCUT2D eigenvalue weighted by Gasteiger charge is -2.45. The highest BCUT2D eigenvalue weighted by Gasteiger charge is 2.40. The molecule has 2 aromatic rings. The lowest BCUT2D eigenvalue weighted by atomic mass is 9.99. The zero-order valence-electron chi connectivity index (χ0n) is 18.6. The van der Waals surface area contributed by atoms with E-state index in [2.05, 4.69) is 9.80 Å². The third-order valence-electron chi connectivity index (χ3n) is 6.33. The van der Waals surface area contributed by atoms with Gasteiger partial charge in [0.2, 0.25) is 5.96 Å². The van der Waals surface area contributed by atoms with Gasteiger partial charge in [0.05, 0.1) is 19.2 Å². The Morgan fingerprint density at radius 2 is 1.76 bits per heavy atom. The fourth-order valence-electron chi connectivity index (χ4n) is 4.78. The van der Waals surface area contributed by atoms with E-state index in [9.17, 15) is 13.6 Å². The van der Waals surface area contributed by atoms with Crippen LogP contribution in [-0.2, 0) is 17.9 Å². The Labute approximate surface area is 191 Å². The molecule has 33 heavy (non-hydrogen) atoms. The number of hydrogen-bond donors (Lipinski definition) is 0. The van der Waals surface area contributed by atoms with Gasteiger partial charge in [-0.1, -0.05) is 12.1 Å². The molecule has 0 spiro atoms. The molecule has 3 aliphatic heterocycles. The molecule has 2 aromatic carbocycles. The summed E-state index contributed by atoms with van der Waals surface area (Å²) in [6.45, 7) is 3.50. The van der Waals surface area contributed by atoms with Crippen molar-refractivity contribution in [1.82, 2.24) is 14.7 Å². The van der Waals surface area contributed by atoms with Crippen molar-refractivity contribution in [2.75, 3.05) is 33.3 Å². The Balaban J connectivity index is 1.40. The van der Waals surface area contributed by atoms with Gasteiger partial charge in [-0.05, 0) is 41.8 Å². The van der Waals surface area contributed by atoms with Crippen molar-refractivity contribution in [1.29, 1.82) is 0 Å². The quantitative estimate of drug-likeness (QED) is 0.697. The van der Waals surface area contributed by atoms with Gasteiger partial charge < -0.3 is 9.64 Å². The molecule has 0 atom stereocenters. The van der Waals surface area contributed by atoms with Crippen LogP contribution >= 0.6 is 0 Å². The zero-order chi connectivity index (χ0) is 22.9. The first-order valence-corrected chi connectivity index (χ1v) is 11.2. The monoisotopic (exact) mass is 452 g/mol. The number of hydrogen-bond acceptors (Lipinski definition) is 5. The highest BCUT2D eigenvalue weighted by Crippen LogP contribution is 2.32. The molecule has 172 valence electrons. The summed E-state index contributed by atoms with van der Waals surface area (Å²) < 4.78 is 32.5. The van der Waals surface area contributed by atoms with Crippen LogP contribution in [0, 0.1) is 11.6 Å². The minimum absolute atomic E-state index is 0.0483. The third kappa shape index (κ3) is 4.35. The predicted octanol–water partition coefficient (Wildman–Crippen LogP) is 3.54. The average molecular weight is 453 g/mol. The van der Waals surface area contributed by atoms with Crippen LogP contribution in [0.1, 0.15) is 24.0 Å². The van der Waals surface area contributed by atoms with Crippen molar-refractivity contribution in [2.24, 2.45) is 4.99 Å². The summed E-state index contributed by atoms with van der Waals surface area (Å²) >= 11 is 0. The molecule has 3 aliphatic rings. The van der Waals surface area contributed by atoms with E-state index in [1.54, 1.807) is 12.0 Å². The summed E-state index contributed by atoms with van der Waals surface area (Å²) in [5.74, 6) is 0.266. The standard InChI is InChI=1S/C25H26F2N4O2/c1-33-21-5-3-17(4-6-21)15-31-24(32)22-16-29(14-18-11-19(26)13-20(27)12-18)10-7-23(22)30-9-2-8-28-25(30)31/h3-6,11-13H,2,7-10,14-16H2,1H3. The van der Waals surface area contributed by atoms with Crippen LogP contribution in [0.5, 0.6) is 5.75 Å². The van der Waals surface area contributed by atoms with Crippen molar-refractivity contribution in [3.05, 3.63) is 76.5 Å². The number of amides is 1. The Morgan fingerprint density at radius 3 is 2.48 bits per heavy atom. The van der Waals surface area contributed by atoms with Crippen molar-refractivity contribution in [2.45, 2.75) is 25.9 Å². The molecule has 0 aliphatic carbocycles. The molecule has 0 aromatic heterocycles. The number of carbonyl (C=O) groups excluding carboxylic acids is 1. The van der Waals surface area contributed by atoms with Crippen LogP contribution in [0.15, 0.2) is 58.7 Å². The molecule has 6 nitrogen and oxygen atoms in total. The third-order valence-corrected chi connectivity index (χ3v) is 6.33. The largest absolute Gasteiger partial charge is 0.497 e. The SMILES string of the molecule is COc1ccc(CN2C(=O)C3=C(CCN(Cc4cc(F)cc(F)c4)C3)N3CCCN=C23)cc1. The maximum Gasteiger partial charge on any atom is 0.259 e. The number of rotatable bonds is 5. The number of benzene rings is 2. The van der Waals surface area contributed by atoms with Gasteiger partial charge in [-0.2, -0.15) is 0 Å². The number of carbonyl (C=O) groups is 1. The Hall–Kier alpha value is -3.26. The second kappa shape index (κ2) is 8.94. The van der Waals surface area contributed by atoms with Gasteiger partial charge in [-0.25, -0.2) is 8.78 Å². The first kappa shape index (κ1) is 21.6. The molecule has 0 saturated carbocycles. The molecule has 0 radical (unpaired) electrons. The Kier molecular flexibility index (Phi) is 5.85. The van der Waals surface area contributed by atoms with Gasteiger partial charge in [0.1, 0.15) is 17.4 Å². The number of ether oxygens (including phenoxy) is 1.